The summed E-state index contributed by atoms with van der Waals surface area (Å²) in [6.45, 7) is 0. The molecule has 4 nitrogen and oxygen atoms in total. The molecule has 0 saturated carbocycles. The van der Waals surface area contributed by atoms with Crippen molar-refractivity contribution in [3.8, 4) is 11.5 Å². The third kappa shape index (κ3) is 1.01. The largest absolute Gasteiger partial charge is 0.394 e. The topological polar surface area (TPSA) is 56.0 Å². The molecule has 0 aliphatic carbocycles. The van der Waals surface area contributed by atoms with Crippen molar-refractivity contribution >= 4 is 10.9 Å². The highest BCUT2D eigenvalue weighted by Gasteiger charge is 2.13. The lowest BCUT2D eigenvalue weighted by molar-refractivity contribution is -0.371. The standard InChI is InChI=1S/C10H7N3O/c1-2-4-8-7(3-1)5-9(12-8)10-11-6-14-13-10/h1-6,12H/p+1. The number of nitrogens with zero attached hydrogens (tertiary/aromatic N) is 1. The molecule has 0 unspecified atom stereocenters. The quantitative estimate of drug-likeness (QED) is 0.628. The molecule has 0 aliphatic rings. The molecule has 0 fully saturated rings. The van der Waals surface area contributed by atoms with Crippen molar-refractivity contribution in [3.05, 3.63) is 36.7 Å². The van der Waals surface area contributed by atoms with E-state index in [4.69, 9.17) is 4.52 Å². The number of aromatic amines is 2. The highest BCUT2D eigenvalue weighted by Crippen LogP contribution is 2.19. The van der Waals surface area contributed by atoms with Crippen LogP contribution < -0.4 is 4.98 Å². The molecule has 0 radical (unpaired) electrons. The smallest absolute Gasteiger partial charge is 0.348 e. The van der Waals surface area contributed by atoms with Gasteiger partial charge < -0.3 is 4.98 Å². The van der Waals surface area contributed by atoms with E-state index in [-0.39, 0.29) is 0 Å². The van der Waals surface area contributed by atoms with Gasteiger partial charge in [0.1, 0.15) is 5.69 Å². The Labute approximate surface area is 79.6 Å². The fourth-order valence-electron chi connectivity index (χ4n) is 1.52. The van der Waals surface area contributed by atoms with Crippen molar-refractivity contribution in [2.24, 2.45) is 0 Å². The Kier molecular flexibility index (Phi) is 1.41. The minimum absolute atomic E-state index is 0.709. The number of para-hydroxylation sites is 1. The first-order chi connectivity index (χ1) is 6.93. The van der Waals surface area contributed by atoms with E-state index in [1.165, 1.54) is 11.8 Å². The first-order valence-corrected chi connectivity index (χ1v) is 4.34. The van der Waals surface area contributed by atoms with Gasteiger partial charge in [-0.25, -0.2) is 9.51 Å². The molecular weight excluding hydrogens is 178 g/mol. The van der Waals surface area contributed by atoms with E-state index in [1.54, 1.807) is 0 Å². The van der Waals surface area contributed by atoms with Gasteiger partial charge in [-0.3, -0.25) is 0 Å². The summed E-state index contributed by atoms with van der Waals surface area (Å²) >= 11 is 0. The second kappa shape index (κ2) is 2.70. The lowest BCUT2D eigenvalue weighted by atomic mass is 10.2. The summed E-state index contributed by atoms with van der Waals surface area (Å²) in [5, 5.41) is 4.99. The van der Waals surface area contributed by atoms with Crippen LogP contribution in [0.4, 0.5) is 0 Å². The van der Waals surface area contributed by atoms with Crippen LogP contribution in [0.5, 0.6) is 0 Å². The lowest BCUT2D eigenvalue weighted by Gasteiger charge is -1.83. The summed E-state index contributed by atoms with van der Waals surface area (Å²) in [4.78, 5) is 6.15. The minimum atomic E-state index is 0.709. The van der Waals surface area contributed by atoms with Crippen molar-refractivity contribution in [1.82, 2.24) is 10.1 Å². The summed E-state index contributed by atoms with van der Waals surface area (Å²) < 4.78 is 4.74. The fraction of sp³-hybridized carbons (Fsp3) is 0. The Morgan fingerprint density at radius 1 is 1.29 bits per heavy atom. The number of fused-ring (bicyclic) bond motifs is 1. The maximum Gasteiger partial charge on any atom is 0.394 e. The summed E-state index contributed by atoms with van der Waals surface area (Å²) in [6, 6.07) is 10.1. The second-order valence-electron chi connectivity index (χ2n) is 3.08. The number of H-pyrrole nitrogens is 2. The van der Waals surface area contributed by atoms with Gasteiger partial charge in [0.25, 0.3) is 0 Å². The summed E-state index contributed by atoms with van der Waals surface area (Å²) in [7, 11) is 0. The van der Waals surface area contributed by atoms with Crippen molar-refractivity contribution in [1.29, 1.82) is 0 Å². The predicted octanol–water partition coefficient (Wildman–Crippen LogP) is 1.64. The summed E-state index contributed by atoms with van der Waals surface area (Å²) in [6.07, 6.45) is 1.45. The zero-order valence-electron chi connectivity index (χ0n) is 7.32. The SMILES string of the molecule is c1ccc2[nH]c(-c3noc[nH+]3)cc2c1. The van der Waals surface area contributed by atoms with E-state index in [1.807, 2.05) is 24.3 Å². The maximum absolute atomic E-state index is 4.74. The van der Waals surface area contributed by atoms with E-state index in [0.29, 0.717) is 5.82 Å². The Balaban J connectivity index is 2.24. The van der Waals surface area contributed by atoms with Crippen LogP contribution in [0.25, 0.3) is 22.4 Å². The molecule has 4 heteroatoms. The van der Waals surface area contributed by atoms with Gasteiger partial charge in [-0.2, -0.15) is 0 Å². The number of hydrogen-bond donors (Lipinski definition) is 1. The van der Waals surface area contributed by atoms with Gasteiger partial charge >= 0.3 is 12.2 Å². The number of rotatable bonds is 1. The molecule has 2 aromatic heterocycles. The number of hydrogen-bond acceptors (Lipinski definition) is 2. The van der Waals surface area contributed by atoms with Gasteiger partial charge in [-0.1, -0.05) is 18.2 Å². The predicted molar refractivity (Wildman–Crippen MR) is 50.4 cm³/mol. The average molecular weight is 186 g/mol. The van der Waals surface area contributed by atoms with Crippen molar-refractivity contribution in [3.63, 3.8) is 0 Å². The Hall–Kier alpha value is -2.10. The molecule has 2 N–H and O–H groups in total. The minimum Gasteiger partial charge on any atom is -0.348 e. The van der Waals surface area contributed by atoms with Gasteiger partial charge in [-0.05, 0) is 12.1 Å². The lowest BCUT2D eigenvalue weighted by Crippen LogP contribution is -1.99. The van der Waals surface area contributed by atoms with Crippen LogP contribution >= 0.6 is 0 Å². The van der Waals surface area contributed by atoms with Crippen LogP contribution in [0.1, 0.15) is 0 Å². The van der Waals surface area contributed by atoms with E-state index in [2.05, 4.69) is 21.2 Å². The highest BCUT2D eigenvalue weighted by molar-refractivity contribution is 5.84. The summed E-state index contributed by atoms with van der Waals surface area (Å²) in [5.41, 5.74) is 2.03. The first-order valence-electron chi connectivity index (χ1n) is 4.34. The molecular formula is C10H8N3O+. The fourth-order valence-corrected chi connectivity index (χ4v) is 1.52. The van der Waals surface area contributed by atoms with Crippen LogP contribution in [0.15, 0.2) is 41.2 Å². The van der Waals surface area contributed by atoms with Gasteiger partial charge in [-0.15, -0.1) is 0 Å². The van der Waals surface area contributed by atoms with E-state index in [0.717, 1.165) is 11.2 Å². The molecule has 0 aliphatic heterocycles. The molecule has 0 saturated heterocycles. The molecule has 0 bridgehead atoms. The van der Waals surface area contributed by atoms with Crippen molar-refractivity contribution < 1.29 is 9.51 Å². The molecule has 68 valence electrons. The Bertz CT molecular complexity index is 521. The highest BCUT2D eigenvalue weighted by atomic mass is 16.5. The third-order valence-corrected chi connectivity index (χ3v) is 2.18. The van der Waals surface area contributed by atoms with Crippen LogP contribution in [0.3, 0.4) is 0 Å². The van der Waals surface area contributed by atoms with Crippen LogP contribution in [0, 0.1) is 0 Å². The Morgan fingerprint density at radius 2 is 2.21 bits per heavy atom. The van der Waals surface area contributed by atoms with Gasteiger partial charge in [0.05, 0.1) is 0 Å². The third-order valence-electron chi connectivity index (χ3n) is 2.18. The normalized spacial score (nSPS) is 10.9. The molecule has 3 rings (SSSR count). The van der Waals surface area contributed by atoms with Gasteiger partial charge in [0.15, 0.2) is 5.16 Å². The van der Waals surface area contributed by atoms with Crippen LogP contribution in [-0.4, -0.2) is 10.1 Å². The van der Waals surface area contributed by atoms with E-state index in [9.17, 15) is 0 Å². The zero-order valence-corrected chi connectivity index (χ0v) is 7.32. The van der Waals surface area contributed by atoms with Crippen molar-refractivity contribution in [2.45, 2.75) is 0 Å². The first kappa shape index (κ1) is 7.32. The molecule has 14 heavy (non-hydrogen) atoms. The van der Waals surface area contributed by atoms with E-state index < -0.39 is 0 Å². The van der Waals surface area contributed by atoms with Crippen molar-refractivity contribution in [2.75, 3.05) is 0 Å². The van der Waals surface area contributed by atoms with E-state index >= 15 is 0 Å². The van der Waals surface area contributed by atoms with Crippen LogP contribution in [-0.2, 0) is 0 Å². The number of benzene rings is 1. The molecule has 0 amide bonds. The molecule has 0 spiro atoms. The Morgan fingerprint density at radius 3 is 3.00 bits per heavy atom. The summed E-state index contributed by atoms with van der Waals surface area (Å²) in [5.74, 6) is 0.709. The number of nitrogens with one attached hydrogen (secondary N) is 2. The number of aromatic nitrogens is 3. The van der Waals surface area contributed by atoms with Gasteiger partial charge in [0.2, 0.25) is 0 Å². The monoisotopic (exact) mass is 186 g/mol. The molecule has 1 aromatic carbocycles. The average Bonchev–Trinajstić information content (AvgIpc) is 2.86. The molecule has 3 aromatic rings. The molecule has 2 heterocycles. The maximum atomic E-state index is 4.74. The molecule has 0 atom stereocenters. The zero-order chi connectivity index (χ0) is 9.38. The second-order valence-corrected chi connectivity index (χ2v) is 3.08. The van der Waals surface area contributed by atoms with Gasteiger partial charge in [0, 0.05) is 10.9 Å². The van der Waals surface area contributed by atoms with Crippen LogP contribution in [0.2, 0.25) is 0 Å².